The third-order valence-corrected chi connectivity index (χ3v) is 5.24. The Morgan fingerprint density at radius 3 is 2.44 bits per heavy atom. The predicted molar refractivity (Wildman–Crippen MR) is 104 cm³/mol. The number of nitrogens with one attached hydrogen (secondary N) is 1. The number of anilines is 1. The van der Waals surface area contributed by atoms with Gasteiger partial charge in [-0.2, -0.15) is 0 Å². The summed E-state index contributed by atoms with van der Waals surface area (Å²) in [6.45, 7) is 4.69. The van der Waals surface area contributed by atoms with Crippen molar-refractivity contribution in [1.82, 2.24) is 9.88 Å². The summed E-state index contributed by atoms with van der Waals surface area (Å²) in [5.41, 5.74) is 3.26. The summed E-state index contributed by atoms with van der Waals surface area (Å²) >= 11 is 0. The first kappa shape index (κ1) is 17.4. The van der Waals surface area contributed by atoms with Crippen LogP contribution < -0.4 is 9.64 Å². The molecular weight excluding hydrogens is 345 g/mol. The van der Waals surface area contributed by atoms with Crippen LogP contribution in [-0.2, 0) is 0 Å². The molecule has 0 radical (unpaired) electrons. The van der Waals surface area contributed by atoms with Crippen LogP contribution in [0, 0.1) is 12.7 Å². The van der Waals surface area contributed by atoms with Gasteiger partial charge in [-0.25, -0.2) is 4.39 Å². The van der Waals surface area contributed by atoms with E-state index < -0.39 is 0 Å². The molecule has 1 aromatic heterocycles. The molecule has 140 valence electrons. The van der Waals surface area contributed by atoms with Crippen molar-refractivity contribution in [3.8, 4) is 5.75 Å². The Morgan fingerprint density at radius 2 is 1.78 bits per heavy atom. The summed E-state index contributed by atoms with van der Waals surface area (Å²) in [5, 5.41) is 0.759. The Balaban J connectivity index is 1.47. The number of rotatable bonds is 3. The van der Waals surface area contributed by atoms with Crippen molar-refractivity contribution in [2.75, 3.05) is 38.2 Å². The second-order valence-corrected chi connectivity index (χ2v) is 6.79. The third kappa shape index (κ3) is 3.23. The molecule has 2 heterocycles. The van der Waals surface area contributed by atoms with Crippen LogP contribution in [0.25, 0.3) is 10.9 Å². The average molecular weight is 367 g/mol. The topological polar surface area (TPSA) is 48.6 Å². The lowest BCUT2D eigenvalue weighted by atomic mass is 10.1. The molecule has 2 aromatic carbocycles. The zero-order valence-corrected chi connectivity index (χ0v) is 15.5. The second-order valence-electron chi connectivity index (χ2n) is 6.79. The van der Waals surface area contributed by atoms with E-state index in [9.17, 15) is 9.18 Å². The number of hydrogen-bond acceptors (Lipinski definition) is 3. The molecule has 6 heteroatoms. The molecule has 1 fully saturated rings. The summed E-state index contributed by atoms with van der Waals surface area (Å²) in [5.74, 6) is 0.508. The molecule has 1 aliphatic rings. The number of hydrogen-bond donors (Lipinski definition) is 1. The number of ether oxygens (including phenoxy) is 1. The van der Waals surface area contributed by atoms with Gasteiger partial charge >= 0.3 is 0 Å². The highest BCUT2D eigenvalue weighted by Gasteiger charge is 2.25. The molecule has 4 rings (SSSR count). The molecule has 5 nitrogen and oxygen atoms in total. The maximum Gasteiger partial charge on any atom is 0.270 e. The molecule has 0 unspecified atom stereocenters. The quantitative estimate of drug-likeness (QED) is 0.770. The molecule has 0 bridgehead atoms. The Morgan fingerprint density at radius 1 is 1.07 bits per heavy atom. The molecule has 1 aliphatic heterocycles. The zero-order valence-electron chi connectivity index (χ0n) is 15.5. The van der Waals surface area contributed by atoms with E-state index >= 15 is 0 Å². The maximum atomic E-state index is 13.5. The number of aryl methyl sites for hydroxylation is 1. The van der Waals surface area contributed by atoms with Crippen LogP contribution in [0.4, 0.5) is 10.1 Å². The van der Waals surface area contributed by atoms with Crippen molar-refractivity contribution in [2.45, 2.75) is 6.92 Å². The normalized spacial score (nSPS) is 14.6. The molecule has 3 aromatic rings. The number of aromatic nitrogens is 1. The van der Waals surface area contributed by atoms with E-state index in [1.54, 1.807) is 13.2 Å². The molecule has 0 saturated carbocycles. The second kappa shape index (κ2) is 6.95. The highest BCUT2D eigenvalue weighted by atomic mass is 19.1. The van der Waals surface area contributed by atoms with Gasteiger partial charge in [0.2, 0.25) is 0 Å². The van der Waals surface area contributed by atoms with Crippen molar-refractivity contribution in [3.05, 3.63) is 59.5 Å². The van der Waals surface area contributed by atoms with Gasteiger partial charge in [0.25, 0.3) is 5.91 Å². The minimum absolute atomic E-state index is 0.0292. The highest BCUT2D eigenvalue weighted by Crippen LogP contribution is 2.25. The minimum atomic E-state index is -0.295. The molecule has 0 spiro atoms. The molecule has 0 atom stereocenters. The van der Waals surface area contributed by atoms with Crippen molar-refractivity contribution in [1.29, 1.82) is 0 Å². The SMILES string of the molecule is COc1ccc(N2CCN(C(=O)c3[nH]c4ccc(F)cc4c3C)CC2)cc1. The summed E-state index contributed by atoms with van der Waals surface area (Å²) in [6.07, 6.45) is 0. The van der Waals surface area contributed by atoms with Gasteiger partial charge in [-0.05, 0) is 55.0 Å². The fourth-order valence-corrected chi connectivity index (χ4v) is 3.63. The predicted octanol–water partition coefficient (Wildman–Crippen LogP) is 3.59. The van der Waals surface area contributed by atoms with E-state index in [4.69, 9.17) is 4.74 Å². The fraction of sp³-hybridized carbons (Fsp3) is 0.286. The lowest BCUT2D eigenvalue weighted by molar-refractivity contribution is 0.0741. The van der Waals surface area contributed by atoms with Gasteiger partial charge in [0.05, 0.1) is 7.11 Å². The third-order valence-electron chi connectivity index (χ3n) is 5.24. The van der Waals surface area contributed by atoms with Crippen LogP contribution in [0.3, 0.4) is 0 Å². The number of carbonyl (C=O) groups is 1. The summed E-state index contributed by atoms with van der Waals surface area (Å²) in [4.78, 5) is 20.2. The maximum absolute atomic E-state index is 13.5. The van der Waals surface area contributed by atoms with E-state index in [-0.39, 0.29) is 11.7 Å². The first-order valence-electron chi connectivity index (χ1n) is 9.03. The molecule has 1 amide bonds. The summed E-state index contributed by atoms with van der Waals surface area (Å²) in [6, 6.07) is 12.5. The number of amides is 1. The minimum Gasteiger partial charge on any atom is -0.497 e. The average Bonchev–Trinajstić information content (AvgIpc) is 3.04. The van der Waals surface area contributed by atoms with Crippen molar-refractivity contribution in [2.24, 2.45) is 0 Å². The van der Waals surface area contributed by atoms with E-state index in [0.717, 1.165) is 41.0 Å². The number of halogens is 1. The fourth-order valence-electron chi connectivity index (χ4n) is 3.63. The van der Waals surface area contributed by atoms with Crippen LogP contribution >= 0.6 is 0 Å². The molecule has 1 saturated heterocycles. The lowest BCUT2D eigenvalue weighted by Crippen LogP contribution is -2.49. The smallest absolute Gasteiger partial charge is 0.270 e. The monoisotopic (exact) mass is 367 g/mol. The molecule has 0 aliphatic carbocycles. The highest BCUT2D eigenvalue weighted by molar-refractivity contribution is 6.01. The van der Waals surface area contributed by atoms with E-state index in [0.29, 0.717) is 18.8 Å². The largest absolute Gasteiger partial charge is 0.497 e. The van der Waals surface area contributed by atoms with Crippen LogP contribution in [0.1, 0.15) is 16.1 Å². The van der Waals surface area contributed by atoms with Crippen LogP contribution in [0.2, 0.25) is 0 Å². The van der Waals surface area contributed by atoms with Crippen LogP contribution in [-0.4, -0.2) is 49.1 Å². The number of methoxy groups -OCH3 is 1. The van der Waals surface area contributed by atoms with Crippen LogP contribution in [0.15, 0.2) is 42.5 Å². The van der Waals surface area contributed by atoms with E-state index in [1.165, 1.54) is 12.1 Å². The number of aromatic amines is 1. The Hall–Kier alpha value is -3.02. The van der Waals surface area contributed by atoms with Gasteiger partial charge in [0.15, 0.2) is 0 Å². The van der Waals surface area contributed by atoms with E-state index in [2.05, 4.69) is 9.88 Å². The summed E-state index contributed by atoms with van der Waals surface area (Å²) in [7, 11) is 1.65. The van der Waals surface area contributed by atoms with Gasteiger partial charge in [0.1, 0.15) is 17.3 Å². The van der Waals surface area contributed by atoms with Crippen molar-refractivity contribution < 1.29 is 13.9 Å². The van der Waals surface area contributed by atoms with Gasteiger partial charge < -0.3 is 19.5 Å². The zero-order chi connectivity index (χ0) is 19.0. The first-order valence-corrected chi connectivity index (χ1v) is 9.03. The van der Waals surface area contributed by atoms with Crippen molar-refractivity contribution >= 4 is 22.5 Å². The Bertz CT molecular complexity index is 973. The van der Waals surface area contributed by atoms with Gasteiger partial charge in [0, 0.05) is 42.8 Å². The number of piperazine rings is 1. The number of fused-ring (bicyclic) bond motifs is 1. The number of nitrogens with zero attached hydrogens (tertiary/aromatic N) is 2. The first-order chi connectivity index (χ1) is 13.1. The van der Waals surface area contributed by atoms with Gasteiger partial charge in [-0.3, -0.25) is 4.79 Å². The molecule has 27 heavy (non-hydrogen) atoms. The number of benzene rings is 2. The lowest BCUT2D eigenvalue weighted by Gasteiger charge is -2.36. The van der Waals surface area contributed by atoms with Crippen LogP contribution in [0.5, 0.6) is 5.75 Å². The van der Waals surface area contributed by atoms with E-state index in [1.807, 2.05) is 36.1 Å². The number of carbonyl (C=O) groups excluding carboxylic acids is 1. The van der Waals surface area contributed by atoms with Gasteiger partial charge in [-0.1, -0.05) is 0 Å². The Kier molecular flexibility index (Phi) is 4.48. The summed E-state index contributed by atoms with van der Waals surface area (Å²) < 4.78 is 18.7. The molecule has 1 N–H and O–H groups in total. The molecular formula is C21H22FN3O2. The standard InChI is InChI=1S/C21H22FN3O2/c1-14-18-13-15(22)3-8-19(18)23-20(14)21(26)25-11-9-24(10-12-25)16-4-6-17(27-2)7-5-16/h3-8,13,23H,9-12H2,1-2H3. The van der Waals surface area contributed by atoms with Crippen molar-refractivity contribution in [3.63, 3.8) is 0 Å². The Labute approximate surface area is 157 Å². The number of H-pyrrole nitrogens is 1. The van der Waals surface area contributed by atoms with Gasteiger partial charge in [-0.15, -0.1) is 0 Å².